The molecule has 0 aliphatic heterocycles. The molecule has 0 aliphatic rings. The van der Waals surface area contributed by atoms with E-state index >= 15 is 0 Å². The summed E-state index contributed by atoms with van der Waals surface area (Å²) in [5.41, 5.74) is -0.382. The molecular weight excluding hydrogens is 181 g/mol. The van der Waals surface area contributed by atoms with Gasteiger partial charge < -0.3 is 0 Å². The predicted octanol–water partition coefficient (Wildman–Crippen LogP) is 2.64. The summed E-state index contributed by atoms with van der Waals surface area (Å²) < 4.78 is 37.5. The molecule has 2 rings (SSSR count). The van der Waals surface area contributed by atoms with Crippen molar-refractivity contribution in [3.8, 4) is 0 Å². The van der Waals surface area contributed by atoms with Gasteiger partial charge in [-0.15, -0.1) is 0 Å². The van der Waals surface area contributed by atoms with Crippen molar-refractivity contribution in [2.45, 2.75) is 6.43 Å². The highest BCUT2D eigenvalue weighted by Gasteiger charge is 2.15. The second-order valence-electron chi connectivity index (χ2n) is 2.57. The van der Waals surface area contributed by atoms with Gasteiger partial charge in [0.1, 0.15) is 11.2 Å². The highest BCUT2D eigenvalue weighted by atomic mass is 19.3. The minimum atomic E-state index is -2.66. The zero-order valence-corrected chi connectivity index (χ0v) is 6.39. The normalized spacial score (nSPS) is 11.4. The first-order chi connectivity index (χ1) is 6.20. The first kappa shape index (κ1) is 8.10. The zero-order chi connectivity index (χ0) is 9.42. The topological polar surface area (TPSA) is 28.7 Å². The second kappa shape index (κ2) is 2.76. The summed E-state index contributed by atoms with van der Waals surface area (Å²) in [6.45, 7) is 0. The van der Waals surface area contributed by atoms with Gasteiger partial charge in [-0.3, -0.25) is 5.10 Å². The second-order valence-corrected chi connectivity index (χ2v) is 2.57. The maximum atomic E-state index is 12.9. The Bertz CT molecular complexity index is 436. The number of halogens is 3. The van der Waals surface area contributed by atoms with Crippen molar-refractivity contribution in [2.75, 3.05) is 0 Å². The predicted molar refractivity (Wildman–Crippen MR) is 41.0 cm³/mol. The van der Waals surface area contributed by atoms with E-state index in [1.54, 1.807) is 0 Å². The number of alkyl halides is 2. The molecule has 1 aromatic carbocycles. The average molecular weight is 186 g/mol. The molecule has 5 heteroatoms. The molecular formula is C8H5F3N2. The number of rotatable bonds is 1. The molecule has 0 radical (unpaired) electrons. The van der Waals surface area contributed by atoms with Gasteiger partial charge in [-0.1, -0.05) is 12.1 Å². The minimum Gasteiger partial charge on any atom is -0.275 e. The number of benzene rings is 1. The van der Waals surface area contributed by atoms with E-state index in [0.717, 1.165) is 0 Å². The molecule has 2 aromatic rings. The van der Waals surface area contributed by atoms with Crippen LogP contribution in [0.2, 0.25) is 0 Å². The molecule has 0 fully saturated rings. The third-order valence-corrected chi connectivity index (χ3v) is 1.78. The molecule has 0 aliphatic carbocycles. The van der Waals surface area contributed by atoms with Gasteiger partial charge in [0.15, 0.2) is 5.82 Å². The van der Waals surface area contributed by atoms with Gasteiger partial charge in [-0.25, -0.2) is 13.2 Å². The van der Waals surface area contributed by atoms with Gasteiger partial charge in [-0.2, -0.15) is 5.10 Å². The van der Waals surface area contributed by atoms with Crippen molar-refractivity contribution in [3.63, 3.8) is 0 Å². The number of aromatic amines is 1. The fourth-order valence-electron chi connectivity index (χ4n) is 1.19. The van der Waals surface area contributed by atoms with Crippen LogP contribution >= 0.6 is 0 Å². The van der Waals surface area contributed by atoms with Gasteiger partial charge in [0, 0.05) is 5.39 Å². The Morgan fingerprint density at radius 2 is 2.08 bits per heavy atom. The van der Waals surface area contributed by atoms with Crippen molar-refractivity contribution in [2.24, 2.45) is 0 Å². The summed E-state index contributed by atoms with van der Waals surface area (Å²) in [4.78, 5) is 0. The fraction of sp³-hybridized carbons (Fsp3) is 0.125. The summed E-state index contributed by atoms with van der Waals surface area (Å²) in [6, 6.07) is 3.96. The number of aromatic nitrogens is 2. The maximum Gasteiger partial charge on any atom is 0.280 e. The molecule has 0 bridgehead atoms. The van der Waals surface area contributed by atoms with Crippen molar-refractivity contribution < 1.29 is 13.2 Å². The SMILES string of the molecule is Fc1cccc2c(C(F)F)[nH]nc12. The van der Waals surface area contributed by atoms with Gasteiger partial charge in [0.05, 0.1) is 0 Å². The Hall–Kier alpha value is -1.52. The fourth-order valence-corrected chi connectivity index (χ4v) is 1.19. The summed E-state index contributed by atoms with van der Waals surface area (Å²) in [7, 11) is 0. The van der Waals surface area contributed by atoms with E-state index in [2.05, 4.69) is 10.2 Å². The van der Waals surface area contributed by atoms with Crippen molar-refractivity contribution >= 4 is 10.9 Å². The smallest absolute Gasteiger partial charge is 0.275 e. The Morgan fingerprint density at radius 1 is 1.31 bits per heavy atom. The van der Waals surface area contributed by atoms with Crippen LogP contribution in [-0.2, 0) is 0 Å². The number of hydrogen-bond acceptors (Lipinski definition) is 1. The van der Waals surface area contributed by atoms with Crippen LogP contribution in [0, 0.1) is 5.82 Å². The number of H-pyrrole nitrogens is 1. The molecule has 0 spiro atoms. The number of nitrogens with one attached hydrogen (secondary N) is 1. The van der Waals surface area contributed by atoms with E-state index in [1.165, 1.54) is 18.2 Å². The molecule has 2 nitrogen and oxygen atoms in total. The molecule has 13 heavy (non-hydrogen) atoms. The number of fused-ring (bicyclic) bond motifs is 1. The lowest BCUT2D eigenvalue weighted by molar-refractivity contribution is 0.147. The lowest BCUT2D eigenvalue weighted by atomic mass is 10.2. The van der Waals surface area contributed by atoms with Gasteiger partial charge in [-0.05, 0) is 6.07 Å². The average Bonchev–Trinajstić information content (AvgIpc) is 2.48. The monoisotopic (exact) mass is 186 g/mol. The Morgan fingerprint density at radius 3 is 2.77 bits per heavy atom. The standard InChI is InChI=1S/C8H5F3N2/c9-5-3-1-2-4-6(5)12-13-7(4)8(10)11/h1-3,8H,(H,12,13). The van der Waals surface area contributed by atoms with Crippen LogP contribution in [0.25, 0.3) is 10.9 Å². The third-order valence-electron chi connectivity index (χ3n) is 1.78. The van der Waals surface area contributed by atoms with E-state index in [4.69, 9.17) is 0 Å². The first-order valence-corrected chi connectivity index (χ1v) is 3.61. The number of nitrogens with zero attached hydrogens (tertiary/aromatic N) is 1. The van der Waals surface area contributed by atoms with Crippen LogP contribution in [-0.4, -0.2) is 10.2 Å². The van der Waals surface area contributed by atoms with Crippen LogP contribution in [0.3, 0.4) is 0 Å². The molecule has 0 saturated heterocycles. The third kappa shape index (κ3) is 1.16. The van der Waals surface area contributed by atoms with Crippen molar-refractivity contribution in [1.29, 1.82) is 0 Å². The van der Waals surface area contributed by atoms with E-state index in [0.29, 0.717) is 0 Å². The molecule has 1 N–H and O–H groups in total. The van der Waals surface area contributed by atoms with E-state index in [9.17, 15) is 13.2 Å². The van der Waals surface area contributed by atoms with Gasteiger partial charge >= 0.3 is 0 Å². The van der Waals surface area contributed by atoms with Crippen LogP contribution in [0.15, 0.2) is 18.2 Å². The van der Waals surface area contributed by atoms with E-state index < -0.39 is 12.2 Å². The highest BCUT2D eigenvalue weighted by Crippen LogP contribution is 2.26. The van der Waals surface area contributed by atoms with E-state index in [1.807, 2.05) is 0 Å². The molecule has 0 saturated carbocycles. The molecule has 0 atom stereocenters. The lowest BCUT2D eigenvalue weighted by Gasteiger charge is -1.94. The Balaban J connectivity index is 2.75. The van der Waals surface area contributed by atoms with Crippen molar-refractivity contribution in [1.82, 2.24) is 10.2 Å². The molecule has 1 heterocycles. The lowest BCUT2D eigenvalue weighted by Crippen LogP contribution is -1.83. The van der Waals surface area contributed by atoms with Crippen LogP contribution in [0.4, 0.5) is 13.2 Å². The number of para-hydroxylation sites is 1. The Kier molecular flexibility index (Phi) is 1.72. The highest BCUT2D eigenvalue weighted by molar-refractivity contribution is 5.81. The molecule has 0 unspecified atom stereocenters. The quantitative estimate of drug-likeness (QED) is 0.728. The van der Waals surface area contributed by atoms with E-state index in [-0.39, 0.29) is 16.6 Å². The Labute approximate surface area is 71.4 Å². The van der Waals surface area contributed by atoms with Gasteiger partial charge in [0.2, 0.25) is 0 Å². The molecule has 1 aromatic heterocycles. The van der Waals surface area contributed by atoms with Crippen molar-refractivity contribution in [3.05, 3.63) is 29.7 Å². The zero-order valence-electron chi connectivity index (χ0n) is 6.39. The summed E-state index contributed by atoms with van der Waals surface area (Å²) in [5, 5.41) is 5.71. The summed E-state index contributed by atoms with van der Waals surface area (Å²) in [5.74, 6) is -0.597. The first-order valence-electron chi connectivity index (χ1n) is 3.61. The maximum absolute atomic E-state index is 12.9. The van der Waals surface area contributed by atoms with Crippen LogP contribution < -0.4 is 0 Å². The number of hydrogen-bond donors (Lipinski definition) is 1. The van der Waals surface area contributed by atoms with Gasteiger partial charge in [0.25, 0.3) is 6.43 Å². The van der Waals surface area contributed by atoms with Crippen LogP contribution in [0.5, 0.6) is 0 Å². The molecule has 0 amide bonds. The minimum absolute atomic E-state index is 0.0437. The molecule has 68 valence electrons. The summed E-state index contributed by atoms with van der Waals surface area (Å²) in [6.07, 6.45) is -2.66. The summed E-state index contributed by atoms with van der Waals surface area (Å²) >= 11 is 0. The largest absolute Gasteiger partial charge is 0.280 e. The van der Waals surface area contributed by atoms with Crippen LogP contribution in [0.1, 0.15) is 12.1 Å².